The molecule has 0 spiro atoms. The number of ether oxygens (including phenoxy) is 1. The van der Waals surface area contributed by atoms with Crippen LogP contribution in [0.4, 0.5) is 0 Å². The van der Waals surface area contributed by atoms with Crippen LogP contribution in [0.15, 0.2) is 35.0 Å². The smallest absolute Gasteiger partial charge is 0.257 e. The number of nitrogens with zero attached hydrogens (tertiary/aromatic N) is 1. The van der Waals surface area contributed by atoms with E-state index in [0.717, 1.165) is 0 Å². The van der Waals surface area contributed by atoms with Crippen molar-refractivity contribution >= 4 is 15.7 Å². The quantitative estimate of drug-likeness (QED) is 0.903. The average molecular weight is 336 g/mol. The molecule has 2 heterocycles. The maximum atomic E-state index is 12.4. The van der Waals surface area contributed by atoms with E-state index in [1.54, 1.807) is 31.4 Å². The summed E-state index contributed by atoms with van der Waals surface area (Å²) < 4.78 is 33.2. The molecule has 1 atom stereocenters. The fourth-order valence-electron chi connectivity index (χ4n) is 2.52. The van der Waals surface area contributed by atoms with Crippen molar-refractivity contribution in [1.82, 2.24) is 10.5 Å². The number of sulfone groups is 1. The molecule has 0 bridgehead atoms. The molecule has 1 aromatic heterocycles. The SMILES string of the molecule is COc1ccc(-c2oncc2C(=O)NC2CCS(=O)(=O)C2)cc1. The summed E-state index contributed by atoms with van der Waals surface area (Å²) >= 11 is 0. The molecule has 1 aromatic carbocycles. The molecule has 1 amide bonds. The maximum Gasteiger partial charge on any atom is 0.257 e. The van der Waals surface area contributed by atoms with E-state index in [9.17, 15) is 13.2 Å². The summed E-state index contributed by atoms with van der Waals surface area (Å²) in [6.07, 6.45) is 1.76. The van der Waals surface area contributed by atoms with Gasteiger partial charge in [-0.05, 0) is 30.7 Å². The van der Waals surface area contributed by atoms with Gasteiger partial charge in [0, 0.05) is 11.6 Å². The van der Waals surface area contributed by atoms with Gasteiger partial charge < -0.3 is 14.6 Å². The third-order valence-electron chi connectivity index (χ3n) is 3.73. The van der Waals surface area contributed by atoms with Crippen molar-refractivity contribution in [3.63, 3.8) is 0 Å². The maximum absolute atomic E-state index is 12.4. The van der Waals surface area contributed by atoms with Crippen molar-refractivity contribution in [2.75, 3.05) is 18.6 Å². The van der Waals surface area contributed by atoms with Crippen LogP contribution in [0, 0.1) is 0 Å². The number of hydrogen-bond donors (Lipinski definition) is 1. The molecule has 1 unspecified atom stereocenters. The van der Waals surface area contributed by atoms with Crippen LogP contribution < -0.4 is 10.1 Å². The normalized spacial score (nSPS) is 19.4. The van der Waals surface area contributed by atoms with E-state index in [4.69, 9.17) is 9.26 Å². The van der Waals surface area contributed by atoms with Crippen LogP contribution in [0.2, 0.25) is 0 Å². The van der Waals surface area contributed by atoms with E-state index >= 15 is 0 Å². The first kappa shape index (κ1) is 15.5. The second-order valence-electron chi connectivity index (χ2n) is 5.37. The number of carbonyl (C=O) groups excluding carboxylic acids is 1. The first-order valence-electron chi connectivity index (χ1n) is 7.09. The Labute approximate surface area is 133 Å². The molecule has 1 aliphatic rings. The van der Waals surface area contributed by atoms with Crippen LogP contribution in [0.5, 0.6) is 5.75 Å². The molecule has 2 aromatic rings. The second kappa shape index (κ2) is 6.04. The van der Waals surface area contributed by atoms with E-state index in [1.165, 1.54) is 6.20 Å². The molecule has 122 valence electrons. The highest BCUT2D eigenvalue weighted by Gasteiger charge is 2.30. The lowest BCUT2D eigenvalue weighted by molar-refractivity contribution is 0.0941. The molecule has 3 rings (SSSR count). The van der Waals surface area contributed by atoms with Crippen LogP contribution in [0.1, 0.15) is 16.8 Å². The summed E-state index contributed by atoms with van der Waals surface area (Å²) in [7, 11) is -1.48. The Morgan fingerprint density at radius 1 is 1.35 bits per heavy atom. The molecule has 7 nitrogen and oxygen atoms in total. The fraction of sp³-hybridized carbons (Fsp3) is 0.333. The van der Waals surface area contributed by atoms with E-state index in [0.29, 0.717) is 23.5 Å². The number of methoxy groups -OCH3 is 1. The molecule has 1 fully saturated rings. The number of aromatic nitrogens is 1. The van der Waals surface area contributed by atoms with Crippen molar-refractivity contribution in [3.05, 3.63) is 36.0 Å². The Bertz CT molecular complexity index is 811. The third-order valence-corrected chi connectivity index (χ3v) is 5.50. The zero-order chi connectivity index (χ0) is 16.4. The van der Waals surface area contributed by atoms with Crippen LogP contribution in [-0.4, -0.2) is 44.1 Å². The lowest BCUT2D eigenvalue weighted by Gasteiger charge is -2.10. The highest BCUT2D eigenvalue weighted by atomic mass is 32.2. The minimum absolute atomic E-state index is 0.0259. The number of hydrogen-bond acceptors (Lipinski definition) is 6. The van der Waals surface area contributed by atoms with Gasteiger partial charge in [-0.25, -0.2) is 8.42 Å². The summed E-state index contributed by atoms with van der Waals surface area (Å²) in [6.45, 7) is 0. The zero-order valence-corrected chi connectivity index (χ0v) is 13.3. The Balaban J connectivity index is 1.78. The summed E-state index contributed by atoms with van der Waals surface area (Å²) in [6, 6.07) is 6.66. The molecule has 1 N–H and O–H groups in total. The van der Waals surface area contributed by atoms with Crippen molar-refractivity contribution in [3.8, 4) is 17.1 Å². The number of nitrogens with one attached hydrogen (secondary N) is 1. The van der Waals surface area contributed by atoms with Gasteiger partial charge in [0.1, 0.15) is 11.3 Å². The Morgan fingerprint density at radius 3 is 2.70 bits per heavy atom. The summed E-state index contributed by atoms with van der Waals surface area (Å²) in [5, 5.41) is 6.41. The first-order valence-corrected chi connectivity index (χ1v) is 8.91. The van der Waals surface area contributed by atoms with Gasteiger partial charge in [-0.1, -0.05) is 5.16 Å². The molecule has 8 heteroatoms. The average Bonchev–Trinajstić information content (AvgIpc) is 3.14. The van der Waals surface area contributed by atoms with E-state index in [1.807, 2.05) is 0 Å². The summed E-state index contributed by atoms with van der Waals surface area (Å²) in [5.74, 6) is 0.718. The number of amides is 1. The molecule has 0 radical (unpaired) electrons. The predicted octanol–water partition coefficient (Wildman–Crippen LogP) is 1.27. The molecule has 0 aliphatic carbocycles. The monoisotopic (exact) mass is 336 g/mol. The van der Waals surface area contributed by atoms with Crippen LogP contribution in [-0.2, 0) is 9.84 Å². The van der Waals surface area contributed by atoms with Gasteiger partial charge in [-0.2, -0.15) is 0 Å². The predicted molar refractivity (Wildman–Crippen MR) is 83.0 cm³/mol. The molecular formula is C15H16N2O5S. The Kier molecular flexibility index (Phi) is 4.08. The molecule has 23 heavy (non-hydrogen) atoms. The zero-order valence-electron chi connectivity index (χ0n) is 12.5. The lowest BCUT2D eigenvalue weighted by Crippen LogP contribution is -2.35. The third kappa shape index (κ3) is 3.37. The number of benzene rings is 1. The molecule has 1 saturated heterocycles. The van der Waals surface area contributed by atoms with E-state index in [-0.39, 0.29) is 29.0 Å². The molecular weight excluding hydrogens is 320 g/mol. The minimum atomic E-state index is -3.05. The van der Waals surface area contributed by atoms with Gasteiger partial charge in [0.15, 0.2) is 15.6 Å². The van der Waals surface area contributed by atoms with Crippen molar-refractivity contribution < 1.29 is 22.5 Å². The summed E-state index contributed by atoms with van der Waals surface area (Å²) in [4.78, 5) is 12.4. The van der Waals surface area contributed by atoms with Gasteiger partial charge in [-0.3, -0.25) is 4.79 Å². The Morgan fingerprint density at radius 2 is 2.09 bits per heavy atom. The van der Waals surface area contributed by atoms with Crippen LogP contribution >= 0.6 is 0 Å². The van der Waals surface area contributed by atoms with Crippen LogP contribution in [0.25, 0.3) is 11.3 Å². The highest BCUT2D eigenvalue weighted by Crippen LogP contribution is 2.26. The first-order chi connectivity index (χ1) is 11.0. The number of carbonyl (C=O) groups is 1. The van der Waals surface area contributed by atoms with Gasteiger partial charge in [0.2, 0.25) is 0 Å². The van der Waals surface area contributed by atoms with Gasteiger partial charge in [-0.15, -0.1) is 0 Å². The topological polar surface area (TPSA) is 98.5 Å². The molecule has 1 aliphatic heterocycles. The van der Waals surface area contributed by atoms with Crippen molar-refractivity contribution in [1.29, 1.82) is 0 Å². The minimum Gasteiger partial charge on any atom is -0.497 e. The second-order valence-corrected chi connectivity index (χ2v) is 7.60. The van der Waals surface area contributed by atoms with Crippen molar-refractivity contribution in [2.24, 2.45) is 0 Å². The van der Waals surface area contributed by atoms with Crippen molar-refractivity contribution in [2.45, 2.75) is 12.5 Å². The van der Waals surface area contributed by atoms with E-state index in [2.05, 4.69) is 10.5 Å². The van der Waals surface area contributed by atoms with Gasteiger partial charge >= 0.3 is 0 Å². The van der Waals surface area contributed by atoms with E-state index < -0.39 is 9.84 Å². The lowest BCUT2D eigenvalue weighted by atomic mass is 10.1. The van der Waals surface area contributed by atoms with Gasteiger partial charge in [0.05, 0.1) is 24.8 Å². The van der Waals surface area contributed by atoms with Gasteiger partial charge in [0.25, 0.3) is 5.91 Å². The molecule has 0 saturated carbocycles. The fourth-order valence-corrected chi connectivity index (χ4v) is 4.20. The summed E-state index contributed by atoms with van der Waals surface area (Å²) in [5.41, 5.74) is 0.965. The number of rotatable bonds is 4. The standard InChI is InChI=1S/C15H16N2O5S/c1-21-12-4-2-10(3-5-12)14-13(8-16-22-14)15(18)17-11-6-7-23(19,20)9-11/h2-5,8,11H,6-7,9H2,1H3,(H,17,18). The largest absolute Gasteiger partial charge is 0.497 e. The Hall–Kier alpha value is -2.35. The van der Waals surface area contributed by atoms with Crippen LogP contribution in [0.3, 0.4) is 0 Å². The highest BCUT2D eigenvalue weighted by molar-refractivity contribution is 7.91.